The van der Waals surface area contributed by atoms with Gasteiger partial charge in [-0.15, -0.1) is 0 Å². The Labute approximate surface area is 96.2 Å². The molecule has 0 nitrogen and oxygen atoms in total. The van der Waals surface area contributed by atoms with Crippen LogP contribution in [0.3, 0.4) is 0 Å². The molecule has 2 unspecified atom stereocenters. The van der Waals surface area contributed by atoms with E-state index in [4.69, 9.17) is 0 Å². The summed E-state index contributed by atoms with van der Waals surface area (Å²) < 4.78 is 0. The van der Waals surface area contributed by atoms with Crippen LogP contribution in [0.2, 0.25) is 0 Å². The molecule has 0 bridgehead atoms. The van der Waals surface area contributed by atoms with Crippen LogP contribution >= 0.6 is 0 Å². The molecule has 0 saturated heterocycles. The van der Waals surface area contributed by atoms with Gasteiger partial charge in [0.05, 0.1) is 0 Å². The van der Waals surface area contributed by atoms with Gasteiger partial charge in [-0.05, 0) is 49.4 Å². The molecule has 1 fully saturated rings. The second kappa shape index (κ2) is 4.72. The molecule has 0 aromatic heterocycles. The predicted molar refractivity (Wildman–Crippen MR) is 68.9 cm³/mol. The first-order chi connectivity index (χ1) is 6.84. The van der Waals surface area contributed by atoms with Crippen molar-refractivity contribution in [3.63, 3.8) is 0 Å². The lowest BCUT2D eigenvalue weighted by Gasteiger charge is -2.41. The minimum atomic E-state index is 0.474. The summed E-state index contributed by atoms with van der Waals surface area (Å²) in [5, 5.41) is 0. The van der Waals surface area contributed by atoms with Crippen LogP contribution in [0.15, 0.2) is 12.2 Å². The van der Waals surface area contributed by atoms with Gasteiger partial charge in [0.2, 0.25) is 0 Å². The summed E-state index contributed by atoms with van der Waals surface area (Å²) in [6.07, 6.45) is 5.54. The highest BCUT2D eigenvalue weighted by Gasteiger charge is 2.34. The van der Waals surface area contributed by atoms with Gasteiger partial charge in [-0.2, -0.15) is 0 Å². The van der Waals surface area contributed by atoms with E-state index < -0.39 is 0 Å². The van der Waals surface area contributed by atoms with Crippen LogP contribution in [0.4, 0.5) is 0 Å². The van der Waals surface area contributed by atoms with E-state index in [1.165, 1.54) is 31.3 Å². The molecule has 0 aliphatic heterocycles. The first kappa shape index (κ1) is 12.8. The van der Waals surface area contributed by atoms with Crippen molar-refractivity contribution < 1.29 is 0 Å². The fourth-order valence-corrected chi connectivity index (χ4v) is 2.88. The summed E-state index contributed by atoms with van der Waals surface area (Å²) in [5.74, 6) is 2.61. The van der Waals surface area contributed by atoms with Gasteiger partial charge in [-0.3, -0.25) is 0 Å². The van der Waals surface area contributed by atoms with Gasteiger partial charge in [0.1, 0.15) is 0 Å². The van der Waals surface area contributed by atoms with E-state index in [9.17, 15) is 0 Å². The molecule has 0 spiro atoms. The molecule has 1 rings (SSSR count). The Balaban J connectivity index is 2.71. The summed E-state index contributed by atoms with van der Waals surface area (Å²) in [4.78, 5) is 0. The van der Waals surface area contributed by atoms with Gasteiger partial charge in [0.15, 0.2) is 0 Å². The Hall–Kier alpha value is -0.260. The van der Waals surface area contributed by atoms with E-state index in [0.717, 1.165) is 17.8 Å². The summed E-state index contributed by atoms with van der Waals surface area (Å²) >= 11 is 0. The maximum atomic E-state index is 4.16. The van der Waals surface area contributed by atoms with Crippen molar-refractivity contribution >= 4 is 0 Å². The van der Waals surface area contributed by atoms with Crippen LogP contribution in [-0.4, -0.2) is 0 Å². The normalized spacial score (nSPS) is 32.7. The van der Waals surface area contributed by atoms with E-state index in [1.807, 2.05) is 0 Å². The smallest absolute Gasteiger partial charge is 0.0203 e. The lowest BCUT2D eigenvalue weighted by Crippen LogP contribution is -2.31. The monoisotopic (exact) mass is 208 g/mol. The standard InChI is InChI=1S/C15H28/c1-7-12-8-13(11(2)3)10-14(9-12)15(4,5)6/h12-14H,2,7-10H2,1,3-6H3/t12?,13?,14-/m0/s1. The molecule has 0 aromatic carbocycles. The number of hydrogen-bond donors (Lipinski definition) is 0. The molecule has 15 heavy (non-hydrogen) atoms. The van der Waals surface area contributed by atoms with Crippen molar-refractivity contribution in [2.45, 2.75) is 60.3 Å². The van der Waals surface area contributed by atoms with Gasteiger partial charge in [0, 0.05) is 0 Å². The molecule has 1 aliphatic carbocycles. The number of allylic oxidation sites excluding steroid dienone is 1. The Morgan fingerprint density at radius 1 is 1.20 bits per heavy atom. The van der Waals surface area contributed by atoms with Gasteiger partial charge < -0.3 is 0 Å². The zero-order valence-electron chi connectivity index (χ0n) is 11.3. The van der Waals surface area contributed by atoms with Crippen molar-refractivity contribution in [3.05, 3.63) is 12.2 Å². The van der Waals surface area contributed by atoms with Crippen LogP contribution in [-0.2, 0) is 0 Å². The summed E-state index contributed by atoms with van der Waals surface area (Å²) in [5.41, 5.74) is 1.88. The minimum Gasteiger partial charge on any atom is -0.0999 e. The Morgan fingerprint density at radius 2 is 1.80 bits per heavy atom. The van der Waals surface area contributed by atoms with Crippen LogP contribution < -0.4 is 0 Å². The molecular formula is C15H28. The molecule has 1 saturated carbocycles. The van der Waals surface area contributed by atoms with Crippen molar-refractivity contribution in [2.24, 2.45) is 23.2 Å². The Bertz CT molecular complexity index is 219. The average Bonchev–Trinajstić information content (AvgIpc) is 2.15. The third-order valence-electron chi connectivity index (χ3n) is 4.30. The number of rotatable bonds is 2. The molecular weight excluding hydrogens is 180 g/mol. The number of hydrogen-bond acceptors (Lipinski definition) is 0. The maximum absolute atomic E-state index is 4.16. The van der Waals surface area contributed by atoms with E-state index >= 15 is 0 Å². The molecule has 0 N–H and O–H groups in total. The quantitative estimate of drug-likeness (QED) is 0.557. The van der Waals surface area contributed by atoms with Crippen LogP contribution in [0.25, 0.3) is 0 Å². The fourth-order valence-electron chi connectivity index (χ4n) is 2.88. The molecule has 0 aromatic rings. The molecule has 88 valence electrons. The summed E-state index contributed by atoms with van der Waals surface area (Å²) in [6.45, 7) is 15.9. The lowest BCUT2D eigenvalue weighted by atomic mass is 9.64. The maximum Gasteiger partial charge on any atom is -0.0203 e. The second-order valence-corrected chi connectivity index (χ2v) is 6.59. The largest absolute Gasteiger partial charge is 0.0999 e. The van der Waals surface area contributed by atoms with Crippen molar-refractivity contribution in [1.82, 2.24) is 0 Å². The topological polar surface area (TPSA) is 0 Å². The third-order valence-corrected chi connectivity index (χ3v) is 4.30. The Kier molecular flexibility index (Phi) is 4.03. The van der Waals surface area contributed by atoms with Gasteiger partial charge >= 0.3 is 0 Å². The van der Waals surface area contributed by atoms with Crippen LogP contribution in [0.5, 0.6) is 0 Å². The molecule has 0 heterocycles. The van der Waals surface area contributed by atoms with E-state index in [-0.39, 0.29) is 0 Å². The predicted octanol–water partition coefficient (Wildman–Crippen LogP) is 5.05. The first-order valence-electron chi connectivity index (χ1n) is 6.50. The molecule has 3 atom stereocenters. The highest BCUT2D eigenvalue weighted by molar-refractivity contribution is 5.01. The fraction of sp³-hybridized carbons (Fsp3) is 0.867. The van der Waals surface area contributed by atoms with Crippen molar-refractivity contribution in [2.75, 3.05) is 0 Å². The average molecular weight is 208 g/mol. The highest BCUT2D eigenvalue weighted by atomic mass is 14.4. The summed E-state index contributed by atoms with van der Waals surface area (Å²) in [6, 6.07) is 0. The van der Waals surface area contributed by atoms with Crippen molar-refractivity contribution in [3.8, 4) is 0 Å². The van der Waals surface area contributed by atoms with E-state index in [2.05, 4.69) is 41.2 Å². The van der Waals surface area contributed by atoms with E-state index in [0.29, 0.717) is 5.41 Å². The third kappa shape index (κ3) is 3.36. The molecule has 0 radical (unpaired) electrons. The second-order valence-electron chi connectivity index (χ2n) is 6.59. The lowest BCUT2D eigenvalue weighted by molar-refractivity contribution is 0.112. The van der Waals surface area contributed by atoms with Gasteiger partial charge in [-0.1, -0.05) is 46.3 Å². The zero-order valence-corrected chi connectivity index (χ0v) is 11.3. The molecule has 0 amide bonds. The highest BCUT2D eigenvalue weighted by Crippen LogP contribution is 2.45. The van der Waals surface area contributed by atoms with Crippen LogP contribution in [0, 0.1) is 23.2 Å². The van der Waals surface area contributed by atoms with Crippen molar-refractivity contribution in [1.29, 1.82) is 0 Å². The zero-order chi connectivity index (χ0) is 11.6. The van der Waals surface area contributed by atoms with Gasteiger partial charge in [-0.25, -0.2) is 0 Å². The molecule has 0 heteroatoms. The van der Waals surface area contributed by atoms with Gasteiger partial charge in [0.25, 0.3) is 0 Å². The van der Waals surface area contributed by atoms with E-state index in [1.54, 1.807) is 0 Å². The summed E-state index contributed by atoms with van der Waals surface area (Å²) in [7, 11) is 0. The Morgan fingerprint density at radius 3 is 2.20 bits per heavy atom. The first-order valence-corrected chi connectivity index (χ1v) is 6.50. The molecule has 1 aliphatic rings. The SMILES string of the molecule is C=C(C)C1CC(CC)C[C@H](C(C)(C)C)C1. The minimum absolute atomic E-state index is 0.474. The van der Waals surface area contributed by atoms with Crippen LogP contribution in [0.1, 0.15) is 60.3 Å².